The number of hydrogen-bond donors (Lipinski definition) is 1. The molecule has 0 aromatic rings. The summed E-state index contributed by atoms with van der Waals surface area (Å²) in [6.45, 7) is 4.04. The number of rotatable bonds is 5. The Bertz CT molecular complexity index is 213. The van der Waals surface area contributed by atoms with Gasteiger partial charge in [0.2, 0.25) is 0 Å². The summed E-state index contributed by atoms with van der Waals surface area (Å²) in [6, 6.07) is 0. The second-order valence-corrected chi connectivity index (χ2v) is 3.73. The zero-order valence-corrected chi connectivity index (χ0v) is 8.18. The lowest BCUT2D eigenvalue weighted by molar-refractivity contribution is -0.124. The third-order valence-electron chi connectivity index (χ3n) is 2.77. The Morgan fingerprint density at radius 3 is 2.85 bits per heavy atom. The highest BCUT2D eigenvalue weighted by Crippen LogP contribution is 2.18. The summed E-state index contributed by atoms with van der Waals surface area (Å²) in [6.07, 6.45) is 7.34. The largest absolute Gasteiger partial charge is 0.316 e. The van der Waals surface area contributed by atoms with E-state index in [1.165, 1.54) is 0 Å². The molecule has 1 N–H and O–H groups in total. The maximum absolute atomic E-state index is 11.6. The molecule has 0 radical (unpaired) electrons. The normalized spacial score (nSPS) is 18.8. The minimum Gasteiger partial charge on any atom is -0.316 e. The number of carbonyl (C=O) groups is 1. The van der Waals surface area contributed by atoms with Gasteiger partial charge in [-0.25, -0.2) is 0 Å². The first-order chi connectivity index (χ1) is 6.25. The van der Waals surface area contributed by atoms with Crippen LogP contribution in [0.4, 0.5) is 0 Å². The molecule has 1 atom stereocenters. The highest BCUT2D eigenvalue weighted by Gasteiger charge is 2.27. The monoisotopic (exact) mass is 179 g/mol. The molecule has 0 saturated carbocycles. The van der Waals surface area contributed by atoms with Gasteiger partial charge in [-0.2, -0.15) is 0 Å². The summed E-state index contributed by atoms with van der Waals surface area (Å²) < 4.78 is 0. The van der Waals surface area contributed by atoms with Gasteiger partial charge < -0.3 is 5.32 Å². The molecule has 0 bridgehead atoms. The van der Waals surface area contributed by atoms with Crippen LogP contribution in [0.1, 0.15) is 26.2 Å². The van der Waals surface area contributed by atoms with Crippen molar-refractivity contribution in [3.63, 3.8) is 0 Å². The van der Waals surface area contributed by atoms with E-state index in [9.17, 15) is 4.79 Å². The molecular formula is C11H17NO. The molecule has 1 aliphatic rings. The molecule has 1 rings (SSSR count). The number of ketones is 1. The molecule has 0 aromatic heterocycles. The second-order valence-electron chi connectivity index (χ2n) is 3.73. The Morgan fingerprint density at radius 1 is 1.69 bits per heavy atom. The summed E-state index contributed by atoms with van der Waals surface area (Å²) in [4.78, 5) is 11.6. The lowest BCUT2D eigenvalue weighted by atomic mass is 9.84. The molecule has 1 unspecified atom stereocenters. The predicted octanol–water partition coefficient (Wildman–Crippen LogP) is 1.21. The van der Waals surface area contributed by atoms with Gasteiger partial charge in [0.15, 0.2) is 0 Å². The fourth-order valence-corrected chi connectivity index (χ4v) is 1.52. The zero-order valence-electron chi connectivity index (χ0n) is 8.18. The number of terminal acetylenes is 1. The Balaban J connectivity index is 2.18. The standard InChI is InChI=1S/C11H17NO/c1-3-4-5-6-11(13)9(2)10-7-12-8-10/h1,9-10,12H,4-8H2,2H3. The lowest BCUT2D eigenvalue weighted by Gasteiger charge is -2.31. The van der Waals surface area contributed by atoms with Crippen LogP contribution < -0.4 is 5.32 Å². The van der Waals surface area contributed by atoms with Crippen molar-refractivity contribution in [3.05, 3.63) is 0 Å². The first-order valence-electron chi connectivity index (χ1n) is 4.92. The van der Waals surface area contributed by atoms with Crippen molar-refractivity contribution in [2.45, 2.75) is 26.2 Å². The number of hydrogen-bond acceptors (Lipinski definition) is 2. The van der Waals surface area contributed by atoms with E-state index in [2.05, 4.69) is 11.2 Å². The summed E-state index contributed by atoms with van der Waals surface area (Å²) in [5.74, 6) is 3.72. The van der Waals surface area contributed by atoms with Crippen LogP contribution in [0.15, 0.2) is 0 Å². The highest BCUT2D eigenvalue weighted by atomic mass is 16.1. The fraction of sp³-hybridized carbons (Fsp3) is 0.727. The van der Waals surface area contributed by atoms with Crippen molar-refractivity contribution in [1.82, 2.24) is 5.32 Å². The van der Waals surface area contributed by atoms with Crippen molar-refractivity contribution in [2.24, 2.45) is 11.8 Å². The van der Waals surface area contributed by atoms with Crippen molar-refractivity contribution in [3.8, 4) is 12.3 Å². The SMILES string of the molecule is C#CCCCC(=O)C(C)C1CNC1. The predicted molar refractivity (Wildman–Crippen MR) is 53.2 cm³/mol. The van der Waals surface area contributed by atoms with Crippen molar-refractivity contribution >= 4 is 5.78 Å². The molecule has 13 heavy (non-hydrogen) atoms. The van der Waals surface area contributed by atoms with Crippen molar-refractivity contribution in [2.75, 3.05) is 13.1 Å². The number of unbranched alkanes of at least 4 members (excludes halogenated alkanes) is 1. The molecule has 2 nitrogen and oxygen atoms in total. The van der Waals surface area contributed by atoms with Gasteiger partial charge in [-0.3, -0.25) is 4.79 Å². The van der Waals surface area contributed by atoms with Crippen LogP contribution in [0.2, 0.25) is 0 Å². The quantitative estimate of drug-likeness (QED) is 0.508. The first-order valence-corrected chi connectivity index (χ1v) is 4.92. The topological polar surface area (TPSA) is 29.1 Å². The van der Waals surface area contributed by atoms with Crippen LogP contribution in [0.3, 0.4) is 0 Å². The average molecular weight is 179 g/mol. The molecule has 0 aromatic carbocycles. The minimum atomic E-state index is 0.221. The second kappa shape index (κ2) is 5.04. The van der Waals surface area contributed by atoms with Gasteiger partial charge in [0.05, 0.1) is 0 Å². The molecule has 2 heteroatoms. The van der Waals surface area contributed by atoms with Gasteiger partial charge in [-0.05, 0) is 25.4 Å². The van der Waals surface area contributed by atoms with E-state index < -0.39 is 0 Å². The van der Waals surface area contributed by atoms with Crippen LogP contribution in [-0.2, 0) is 4.79 Å². The molecule has 0 aliphatic carbocycles. The van der Waals surface area contributed by atoms with Gasteiger partial charge in [0.1, 0.15) is 5.78 Å². The molecule has 1 saturated heterocycles. The Kier molecular flexibility index (Phi) is 3.98. The van der Waals surface area contributed by atoms with Gasteiger partial charge in [0.25, 0.3) is 0 Å². The van der Waals surface area contributed by atoms with Crippen LogP contribution in [0.5, 0.6) is 0 Å². The summed E-state index contributed by atoms with van der Waals surface area (Å²) in [5.41, 5.74) is 0. The summed E-state index contributed by atoms with van der Waals surface area (Å²) >= 11 is 0. The number of nitrogens with one attached hydrogen (secondary N) is 1. The molecular weight excluding hydrogens is 162 g/mol. The molecule has 0 amide bonds. The van der Waals surface area contributed by atoms with Crippen LogP contribution in [0.25, 0.3) is 0 Å². The highest BCUT2D eigenvalue weighted by molar-refractivity contribution is 5.81. The zero-order chi connectivity index (χ0) is 9.68. The van der Waals surface area contributed by atoms with Crippen LogP contribution >= 0.6 is 0 Å². The van der Waals surface area contributed by atoms with E-state index >= 15 is 0 Å². The van der Waals surface area contributed by atoms with E-state index in [-0.39, 0.29) is 5.92 Å². The Labute approximate surface area is 80.1 Å². The smallest absolute Gasteiger partial charge is 0.136 e. The first kappa shape index (κ1) is 10.3. The van der Waals surface area contributed by atoms with E-state index in [1.54, 1.807) is 0 Å². The van der Waals surface area contributed by atoms with E-state index in [0.29, 0.717) is 18.1 Å². The maximum Gasteiger partial charge on any atom is 0.136 e. The third-order valence-corrected chi connectivity index (χ3v) is 2.77. The Hall–Kier alpha value is -0.810. The molecule has 1 heterocycles. The molecule has 1 fully saturated rings. The molecule has 1 aliphatic heterocycles. The number of Topliss-reactive ketones (excluding diaryl/α,β-unsaturated/α-hetero) is 1. The van der Waals surface area contributed by atoms with Crippen molar-refractivity contribution < 1.29 is 4.79 Å². The van der Waals surface area contributed by atoms with Crippen LogP contribution in [0, 0.1) is 24.2 Å². The minimum absolute atomic E-state index is 0.221. The van der Waals surface area contributed by atoms with Crippen molar-refractivity contribution in [1.29, 1.82) is 0 Å². The van der Waals surface area contributed by atoms with Crippen LogP contribution in [-0.4, -0.2) is 18.9 Å². The van der Waals surface area contributed by atoms with Gasteiger partial charge in [-0.15, -0.1) is 12.3 Å². The van der Waals surface area contributed by atoms with E-state index in [1.807, 2.05) is 6.92 Å². The maximum atomic E-state index is 11.6. The van der Waals surface area contributed by atoms with Gasteiger partial charge in [0, 0.05) is 18.8 Å². The molecule has 0 spiro atoms. The van der Waals surface area contributed by atoms with E-state index in [4.69, 9.17) is 6.42 Å². The van der Waals surface area contributed by atoms with Gasteiger partial charge in [-0.1, -0.05) is 6.92 Å². The van der Waals surface area contributed by atoms with E-state index in [0.717, 1.165) is 25.9 Å². The average Bonchev–Trinajstić information content (AvgIpc) is 2.01. The molecule has 72 valence electrons. The Morgan fingerprint density at radius 2 is 2.38 bits per heavy atom. The summed E-state index contributed by atoms with van der Waals surface area (Å²) in [7, 11) is 0. The number of carbonyl (C=O) groups excluding carboxylic acids is 1. The fourth-order valence-electron chi connectivity index (χ4n) is 1.52. The third kappa shape index (κ3) is 2.86. The van der Waals surface area contributed by atoms with Gasteiger partial charge >= 0.3 is 0 Å². The lowest BCUT2D eigenvalue weighted by Crippen LogP contribution is -2.47. The summed E-state index contributed by atoms with van der Waals surface area (Å²) in [5, 5.41) is 3.18.